The van der Waals surface area contributed by atoms with Gasteiger partial charge in [0.05, 0.1) is 12.7 Å². The molecule has 0 atom stereocenters. The maximum atomic E-state index is 13.8. The van der Waals surface area contributed by atoms with Crippen LogP contribution >= 0.6 is 0 Å². The Kier molecular flexibility index (Phi) is 5.00. The Bertz CT molecular complexity index is 813. The fourth-order valence-corrected chi connectivity index (χ4v) is 1.87. The Hall–Kier alpha value is -3.04. The third-order valence-electron chi connectivity index (χ3n) is 3.01. The normalized spacial score (nSPS) is 11.1. The monoisotopic (exact) mass is 360 g/mol. The Morgan fingerprint density at radius 2 is 1.72 bits per heavy atom. The SMILES string of the molecule is COC(=O)c1cc(NC(=O)c2c(F)cc(C(F)(F)F)cc2F)ccn1. The van der Waals surface area contributed by atoms with Crippen LogP contribution in [0.25, 0.3) is 0 Å². The number of carbonyl (C=O) groups excluding carboxylic acids is 2. The number of esters is 1. The average Bonchev–Trinajstić information content (AvgIpc) is 2.52. The van der Waals surface area contributed by atoms with Crippen LogP contribution in [0.4, 0.5) is 27.6 Å². The van der Waals surface area contributed by atoms with Gasteiger partial charge in [-0.15, -0.1) is 0 Å². The quantitative estimate of drug-likeness (QED) is 0.673. The minimum Gasteiger partial charge on any atom is -0.464 e. The third kappa shape index (κ3) is 4.08. The molecule has 0 aliphatic heterocycles. The van der Waals surface area contributed by atoms with Crippen molar-refractivity contribution >= 4 is 17.6 Å². The summed E-state index contributed by atoms with van der Waals surface area (Å²) in [5.41, 5.74) is -2.99. The van der Waals surface area contributed by atoms with E-state index < -0.39 is 40.8 Å². The molecule has 0 aliphatic carbocycles. The summed E-state index contributed by atoms with van der Waals surface area (Å²) in [7, 11) is 1.10. The molecular weight excluding hydrogens is 351 g/mol. The molecule has 0 saturated heterocycles. The van der Waals surface area contributed by atoms with E-state index in [4.69, 9.17) is 0 Å². The number of methoxy groups -OCH3 is 1. The number of amides is 1. The molecule has 10 heteroatoms. The fraction of sp³-hybridized carbons (Fsp3) is 0.133. The lowest BCUT2D eigenvalue weighted by Gasteiger charge is -2.11. The lowest BCUT2D eigenvalue weighted by Crippen LogP contribution is -2.18. The van der Waals surface area contributed by atoms with Crippen molar-refractivity contribution in [2.75, 3.05) is 12.4 Å². The molecule has 1 N–H and O–H groups in total. The van der Waals surface area contributed by atoms with Crippen molar-refractivity contribution < 1.29 is 36.3 Å². The highest BCUT2D eigenvalue weighted by Gasteiger charge is 2.33. The molecule has 0 unspecified atom stereocenters. The van der Waals surface area contributed by atoms with Crippen molar-refractivity contribution in [1.29, 1.82) is 0 Å². The van der Waals surface area contributed by atoms with Gasteiger partial charge in [-0.25, -0.2) is 18.6 Å². The largest absolute Gasteiger partial charge is 0.464 e. The average molecular weight is 360 g/mol. The smallest absolute Gasteiger partial charge is 0.416 e. The van der Waals surface area contributed by atoms with Crippen molar-refractivity contribution in [1.82, 2.24) is 4.98 Å². The third-order valence-corrected chi connectivity index (χ3v) is 3.01. The maximum absolute atomic E-state index is 13.8. The second-order valence-corrected chi connectivity index (χ2v) is 4.69. The number of nitrogens with one attached hydrogen (secondary N) is 1. The molecule has 2 aromatic rings. The minimum absolute atomic E-state index is 0.0183. The van der Waals surface area contributed by atoms with Gasteiger partial charge in [0.1, 0.15) is 22.9 Å². The molecule has 132 valence electrons. The van der Waals surface area contributed by atoms with Gasteiger partial charge < -0.3 is 10.1 Å². The molecule has 0 aliphatic rings. The number of ether oxygens (including phenoxy) is 1. The molecule has 0 bridgehead atoms. The molecule has 2 rings (SSSR count). The molecule has 1 aromatic carbocycles. The number of alkyl halides is 3. The van der Waals surface area contributed by atoms with Crippen LogP contribution in [0.3, 0.4) is 0 Å². The van der Waals surface area contributed by atoms with Crippen molar-refractivity contribution in [3.05, 3.63) is 58.9 Å². The molecule has 0 spiro atoms. The number of hydrogen-bond donors (Lipinski definition) is 1. The van der Waals surface area contributed by atoms with E-state index in [2.05, 4.69) is 15.0 Å². The van der Waals surface area contributed by atoms with E-state index in [1.807, 2.05) is 0 Å². The molecule has 0 radical (unpaired) electrons. The van der Waals surface area contributed by atoms with E-state index in [-0.39, 0.29) is 23.5 Å². The molecule has 1 aromatic heterocycles. The first kappa shape index (κ1) is 18.3. The van der Waals surface area contributed by atoms with Gasteiger partial charge >= 0.3 is 12.1 Å². The summed E-state index contributed by atoms with van der Waals surface area (Å²) in [6, 6.07) is 2.32. The van der Waals surface area contributed by atoms with E-state index in [0.29, 0.717) is 0 Å². The van der Waals surface area contributed by atoms with E-state index >= 15 is 0 Å². The van der Waals surface area contributed by atoms with Gasteiger partial charge in [-0.05, 0) is 24.3 Å². The van der Waals surface area contributed by atoms with Crippen molar-refractivity contribution in [3.8, 4) is 0 Å². The zero-order chi connectivity index (χ0) is 18.8. The summed E-state index contributed by atoms with van der Waals surface area (Å²) in [6.45, 7) is 0. The predicted octanol–water partition coefficient (Wildman–Crippen LogP) is 3.42. The Morgan fingerprint density at radius 3 is 2.24 bits per heavy atom. The molecule has 0 fully saturated rings. The van der Waals surface area contributed by atoms with Crippen LogP contribution in [0, 0.1) is 11.6 Å². The fourth-order valence-electron chi connectivity index (χ4n) is 1.87. The molecular formula is C15H9F5N2O3. The van der Waals surface area contributed by atoms with Gasteiger partial charge in [0.15, 0.2) is 0 Å². The number of halogens is 5. The van der Waals surface area contributed by atoms with E-state index in [0.717, 1.165) is 19.4 Å². The van der Waals surface area contributed by atoms with E-state index in [1.165, 1.54) is 6.07 Å². The number of nitrogens with zero attached hydrogens (tertiary/aromatic N) is 1. The first-order chi connectivity index (χ1) is 11.6. The van der Waals surface area contributed by atoms with Crippen molar-refractivity contribution in [2.24, 2.45) is 0 Å². The second kappa shape index (κ2) is 6.83. The topological polar surface area (TPSA) is 68.3 Å². The van der Waals surface area contributed by atoms with Gasteiger partial charge in [0, 0.05) is 11.9 Å². The first-order valence-corrected chi connectivity index (χ1v) is 6.55. The Morgan fingerprint density at radius 1 is 1.12 bits per heavy atom. The first-order valence-electron chi connectivity index (χ1n) is 6.55. The lowest BCUT2D eigenvalue weighted by atomic mass is 10.1. The number of rotatable bonds is 3. The molecule has 1 heterocycles. The molecule has 25 heavy (non-hydrogen) atoms. The molecule has 1 amide bonds. The molecule has 5 nitrogen and oxygen atoms in total. The zero-order valence-electron chi connectivity index (χ0n) is 12.4. The van der Waals surface area contributed by atoms with Crippen molar-refractivity contribution in [2.45, 2.75) is 6.18 Å². The second-order valence-electron chi connectivity index (χ2n) is 4.69. The summed E-state index contributed by atoms with van der Waals surface area (Å²) >= 11 is 0. The standard InChI is InChI=1S/C15H9F5N2O3/c1-25-14(24)11-6-8(2-3-21-11)22-13(23)12-9(16)4-7(5-10(12)17)15(18,19)20/h2-6H,1H3,(H,21,22,23). The number of carbonyl (C=O) groups is 2. The van der Waals surface area contributed by atoms with Gasteiger partial charge in [-0.1, -0.05) is 0 Å². The number of benzene rings is 1. The van der Waals surface area contributed by atoms with Crippen LogP contribution in [-0.2, 0) is 10.9 Å². The summed E-state index contributed by atoms with van der Waals surface area (Å²) in [5, 5.41) is 2.07. The highest BCUT2D eigenvalue weighted by atomic mass is 19.4. The van der Waals surface area contributed by atoms with Gasteiger partial charge in [0.25, 0.3) is 5.91 Å². The van der Waals surface area contributed by atoms with E-state index in [1.54, 1.807) is 0 Å². The minimum atomic E-state index is -4.96. The molecule has 0 saturated carbocycles. The van der Waals surface area contributed by atoms with E-state index in [9.17, 15) is 31.5 Å². The van der Waals surface area contributed by atoms with Crippen LogP contribution in [0.15, 0.2) is 30.5 Å². The maximum Gasteiger partial charge on any atom is 0.416 e. The lowest BCUT2D eigenvalue weighted by molar-refractivity contribution is -0.138. The number of anilines is 1. The summed E-state index contributed by atoms with van der Waals surface area (Å²) in [5.74, 6) is -5.49. The highest BCUT2D eigenvalue weighted by Crippen LogP contribution is 2.31. The number of hydrogen-bond acceptors (Lipinski definition) is 4. The van der Waals surface area contributed by atoms with Crippen LogP contribution in [-0.4, -0.2) is 24.0 Å². The highest BCUT2D eigenvalue weighted by molar-refractivity contribution is 6.05. The van der Waals surface area contributed by atoms with Gasteiger partial charge in [-0.3, -0.25) is 4.79 Å². The van der Waals surface area contributed by atoms with Crippen molar-refractivity contribution in [3.63, 3.8) is 0 Å². The van der Waals surface area contributed by atoms with Crippen LogP contribution < -0.4 is 5.32 Å². The summed E-state index contributed by atoms with van der Waals surface area (Å²) < 4.78 is 69.5. The van der Waals surface area contributed by atoms with Crippen LogP contribution in [0.1, 0.15) is 26.4 Å². The predicted molar refractivity (Wildman–Crippen MR) is 74.9 cm³/mol. The van der Waals surface area contributed by atoms with Gasteiger partial charge in [0.2, 0.25) is 0 Å². The number of aromatic nitrogens is 1. The summed E-state index contributed by atoms with van der Waals surface area (Å²) in [4.78, 5) is 27.0. The zero-order valence-corrected chi connectivity index (χ0v) is 12.4. The number of pyridine rings is 1. The van der Waals surface area contributed by atoms with Gasteiger partial charge in [-0.2, -0.15) is 13.2 Å². The summed E-state index contributed by atoms with van der Waals surface area (Å²) in [6.07, 6.45) is -3.83. The Balaban J connectivity index is 2.32. The van der Waals surface area contributed by atoms with Crippen LogP contribution in [0.5, 0.6) is 0 Å². The Labute approximate surface area is 137 Å². The van der Waals surface area contributed by atoms with Crippen LogP contribution in [0.2, 0.25) is 0 Å².